The minimum absolute atomic E-state index is 0.0148. The Morgan fingerprint density at radius 1 is 1.13 bits per heavy atom. The predicted octanol–water partition coefficient (Wildman–Crippen LogP) is 2.23. The van der Waals surface area contributed by atoms with E-state index < -0.39 is 6.10 Å². The lowest BCUT2D eigenvalue weighted by Crippen LogP contribution is -2.35. The number of methoxy groups -OCH3 is 2. The maximum atomic E-state index is 12.3. The summed E-state index contributed by atoms with van der Waals surface area (Å²) in [7, 11) is 3.03. The zero-order valence-electron chi connectivity index (χ0n) is 16.9. The minimum atomic E-state index is -0.927. The Morgan fingerprint density at radius 3 is 2.37 bits per heavy atom. The van der Waals surface area contributed by atoms with Gasteiger partial charge < -0.3 is 29.2 Å². The number of aliphatic hydroxyl groups excluding tert-OH is 1. The van der Waals surface area contributed by atoms with E-state index in [-0.39, 0.29) is 19.1 Å². The molecule has 0 fully saturated rings. The Balaban J connectivity index is 1.52. The molecule has 1 atom stereocenters. The number of amides is 1. The highest BCUT2D eigenvalue weighted by Gasteiger charge is 2.15. The summed E-state index contributed by atoms with van der Waals surface area (Å²) >= 11 is 0. The number of benzene rings is 2. The van der Waals surface area contributed by atoms with Gasteiger partial charge >= 0.3 is 0 Å². The first-order chi connectivity index (χ1) is 14.5. The van der Waals surface area contributed by atoms with E-state index in [1.807, 2.05) is 0 Å². The van der Waals surface area contributed by atoms with E-state index >= 15 is 0 Å². The lowest BCUT2D eigenvalue weighted by atomic mass is 10.1. The molecule has 2 N–H and O–H groups in total. The van der Waals surface area contributed by atoms with Crippen LogP contribution in [0.15, 0.2) is 47.0 Å². The first-order valence-corrected chi connectivity index (χ1v) is 9.22. The number of rotatable bonds is 9. The number of aliphatic hydroxyl groups is 1. The summed E-state index contributed by atoms with van der Waals surface area (Å²) in [5.41, 5.74) is 1.15. The number of carbonyl (C=O) groups is 1. The largest absolute Gasteiger partial charge is 0.493 e. The molecule has 1 amide bonds. The molecule has 0 spiro atoms. The molecule has 0 aliphatic rings. The van der Waals surface area contributed by atoms with Gasteiger partial charge in [0.1, 0.15) is 12.7 Å². The predicted molar refractivity (Wildman–Crippen MR) is 108 cm³/mol. The molecule has 1 unspecified atom stereocenters. The lowest BCUT2D eigenvalue weighted by Gasteiger charge is -2.17. The Morgan fingerprint density at radius 2 is 1.80 bits per heavy atom. The fraction of sp³-hybridized carbons (Fsp3) is 0.286. The van der Waals surface area contributed by atoms with Crippen molar-refractivity contribution in [3.05, 3.63) is 53.9 Å². The molecular weight excluding hydrogens is 390 g/mol. The highest BCUT2D eigenvalue weighted by Crippen LogP contribution is 2.36. The van der Waals surface area contributed by atoms with Crippen LogP contribution >= 0.6 is 0 Å². The summed E-state index contributed by atoms with van der Waals surface area (Å²) in [6.45, 7) is 1.70. The van der Waals surface area contributed by atoms with Crippen LogP contribution in [0.1, 0.15) is 16.2 Å². The molecule has 0 radical (unpaired) electrons. The van der Waals surface area contributed by atoms with Crippen molar-refractivity contribution in [3.63, 3.8) is 0 Å². The van der Waals surface area contributed by atoms with Gasteiger partial charge in [-0.05, 0) is 43.3 Å². The van der Waals surface area contributed by atoms with Crippen LogP contribution in [-0.2, 0) is 0 Å². The number of hydrogen-bond donors (Lipinski definition) is 2. The van der Waals surface area contributed by atoms with Gasteiger partial charge in [-0.15, -0.1) is 0 Å². The topological polar surface area (TPSA) is 116 Å². The second-order valence-corrected chi connectivity index (χ2v) is 6.39. The standard InChI is InChI=1S/C21H23N3O6/c1-13-23-21(30-24-13)15-9-7-14(8-10-15)20(26)22-11-16(25)12-29-19-17(27-2)5-4-6-18(19)28-3/h4-10,16,25H,11-12H2,1-3H3,(H,22,26). The molecule has 9 nitrogen and oxygen atoms in total. The number of aryl methyl sites for hydroxylation is 1. The number of nitrogens with zero attached hydrogens (tertiary/aromatic N) is 2. The number of carbonyl (C=O) groups excluding carboxylic acids is 1. The zero-order valence-corrected chi connectivity index (χ0v) is 16.9. The van der Waals surface area contributed by atoms with E-state index in [1.54, 1.807) is 49.4 Å². The molecule has 0 bridgehead atoms. The Bertz CT molecular complexity index is 964. The first-order valence-electron chi connectivity index (χ1n) is 9.22. The van der Waals surface area contributed by atoms with Crippen molar-refractivity contribution in [1.29, 1.82) is 0 Å². The highest BCUT2D eigenvalue weighted by atomic mass is 16.5. The van der Waals surface area contributed by atoms with Gasteiger partial charge in [-0.2, -0.15) is 4.98 Å². The zero-order chi connectivity index (χ0) is 21.5. The van der Waals surface area contributed by atoms with Crippen LogP contribution in [0.5, 0.6) is 17.2 Å². The van der Waals surface area contributed by atoms with E-state index in [0.717, 1.165) is 0 Å². The van der Waals surface area contributed by atoms with E-state index in [2.05, 4.69) is 15.5 Å². The molecule has 0 aliphatic carbocycles. The van der Waals surface area contributed by atoms with E-state index in [1.165, 1.54) is 14.2 Å². The molecule has 0 aliphatic heterocycles. The lowest BCUT2D eigenvalue weighted by molar-refractivity contribution is 0.0833. The van der Waals surface area contributed by atoms with Gasteiger partial charge in [-0.1, -0.05) is 11.2 Å². The van der Waals surface area contributed by atoms with Gasteiger partial charge in [-0.25, -0.2) is 0 Å². The molecule has 2 aromatic carbocycles. The third kappa shape index (κ3) is 5.06. The van der Waals surface area contributed by atoms with Crippen molar-refractivity contribution in [2.75, 3.05) is 27.4 Å². The highest BCUT2D eigenvalue weighted by molar-refractivity contribution is 5.94. The minimum Gasteiger partial charge on any atom is -0.493 e. The van der Waals surface area contributed by atoms with Crippen LogP contribution in [0.4, 0.5) is 0 Å². The Kier molecular flexibility index (Phi) is 6.87. The molecule has 0 saturated heterocycles. The smallest absolute Gasteiger partial charge is 0.257 e. The fourth-order valence-corrected chi connectivity index (χ4v) is 2.69. The quantitative estimate of drug-likeness (QED) is 0.549. The van der Waals surface area contributed by atoms with Crippen molar-refractivity contribution in [3.8, 4) is 28.7 Å². The average Bonchev–Trinajstić information content (AvgIpc) is 3.22. The molecule has 1 heterocycles. The summed E-state index contributed by atoms with van der Waals surface area (Å²) in [6, 6.07) is 12.0. The number of hydrogen-bond acceptors (Lipinski definition) is 8. The second-order valence-electron chi connectivity index (χ2n) is 6.39. The average molecular weight is 413 g/mol. The van der Waals surface area contributed by atoms with E-state index in [0.29, 0.717) is 40.1 Å². The summed E-state index contributed by atoms with van der Waals surface area (Å²) < 4.78 is 21.2. The molecule has 0 saturated carbocycles. The summed E-state index contributed by atoms with van der Waals surface area (Å²) in [5.74, 6) is 1.97. The summed E-state index contributed by atoms with van der Waals surface area (Å²) in [4.78, 5) is 16.5. The molecule has 1 aromatic heterocycles. The SMILES string of the molecule is COc1cccc(OC)c1OCC(O)CNC(=O)c1ccc(-c2nc(C)no2)cc1. The van der Waals surface area contributed by atoms with Crippen LogP contribution in [0.25, 0.3) is 11.5 Å². The summed E-state index contributed by atoms with van der Waals surface area (Å²) in [5, 5.41) is 16.6. The number of aromatic nitrogens is 2. The number of para-hydroxylation sites is 1. The van der Waals surface area contributed by atoms with Gasteiger partial charge in [0.2, 0.25) is 5.75 Å². The maximum absolute atomic E-state index is 12.3. The molecule has 3 aromatic rings. The third-order valence-corrected chi connectivity index (χ3v) is 4.22. The molecule has 9 heteroatoms. The van der Waals surface area contributed by atoms with Crippen LogP contribution in [0.2, 0.25) is 0 Å². The number of nitrogens with one attached hydrogen (secondary N) is 1. The van der Waals surface area contributed by atoms with Gasteiger partial charge in [0, 0.05) is 17.7 Å². The Labute approximate surface area is 173 Å². The van der Waals surface area contributed by atoms with Crippen LogP contribution in [0, 0.1) is 6.92 Å². The van der Waals surface area contributed by atoms with E-state index in [4.69, 9.17) is 18.7 Å². The van der Waals surface area contributed by atoms with Crippen LogP contribution < -0.4 is 19.5 Å². The van der Waals surface area contributed by atoms with Crippen molar-refractivity contribution in [2.45, 2.75) is 13.0 Å². The Hall–Kier alpha value is -3.59. The molecule has 3 rings (SSSR count). The fourth-order valence-electron chi connectivity index (χ4n) is 2.69. The van der Waals surface area contributed by atoms with Crippen LogP contribution in [0.3, 0.4) is 0 Å². The van der Waals surface area contributed by atoms with Gasteiger partial charge in [0.15, 0.2) is 17.3 Å². The van der Waals surface area contributed by atoms with Crippen molar-refractivity contribution in [2.24, 2.45) is 0 Å². The van der Waals surface area contributed by atoms with Crippen molar-refractivity contribution in [1.82, 2.24) is 15.5 Å². The maximum Gasteiger partial charge on any atom is 0.257 e. The first kappa shape index (κ1) is 21.1. The number of ether oxygens (including phenoxy) is 3. The molecule has 30 heavy (non-hydrogen) atoms. The summed E-state index contributed by atoms with van der Waals surface area (Å²) in [6.07, 6.45) is -0.927. The van der Waals surface area contributed by atoms with Crippen LogP contribution in [-0.4, -0.2) is 54.6 Å². The molecular formula is C21H23N3O6. The van der Waals surface area contributed by atoms with E-state index in [9.17, 15) is 9.90 Å². The van der Waals surface area contributed by atoms with Crippen molar-refractivity contribution >= 4 is 5.91 Å². The third-order valence-electron chi connectivity index (χ3n) is 4.22. The normalized spacial score (nSPS) is 11.6. The van der Waals surface area contributed by atoms with Gasteiger partial charge in [0.05, 0.1) is 14.2 Å². The second kappa shape index (κ2) is 9.75. The van der Waals surface area contributed by atoms with Gasteiger partial charge in [-0.3, -0.25) is 4.79 Å². The van der Waals surface area contributed by atoms with Crippen molar-refractivity contribution < 1.29 is 28.6 Å². The monoisotopic (exact) mass is 413 g/mol. The molecule has 158 valence electrons. The van der Waals surface area contributed by atoms with Gasteiger partial charge in [0.25, 0.3) is 11.8 Å².